The van der Waals surface area contributed by atoms with Gasteiger partial charge in [-0.05, 0) is 54.6 Å². The Balaban J connectivity index is 1.74. The molecule has 0 aromatic heterocycles. The molecule has 0 atom stereocenters. The summed E-state index contributed by atoms with van der Waals surface area (Å²) in [4.78, 5) is 12.4. The molecule has 0 spiro atoms. The average Bonchev–Trinajstić information content (AvgIpc) is 2.70. The Morgan fingerprint density at radius 3 is 2.12 bits per heavy atom. The largest absolute Gasteiger partial charge is 0.322 e. The van der Waals surface area contributed by atoms with E-state index in [2.05, 4.69) is 14.8 Å². The fourth-order valence-electron chi connectivity index (χ4n) is 2.64. The second-order valence-electron chi connectivity index (χ2n) is 6.64. The summed E-state index contributed by atoms with van der Waals surface area (Å²) in [5.74, 6) is -0.499. The molecule has 8 nitrogen and oxygen atoms in total. The summed E-state index contributed by atoms with van der Waals surface area (Å²) in [5, 5.41) is 2.91. The van der Waals surface area contributed by atoms with Crippen molar-refractivity contribution in [2.24, 2.45) is 0 Å². The monoisotopic (exact) mass is 513 g/mol. The number of carbonyl (C=O) groups is 1. The fraction of sp³-hybridized carbons (Fsp3) is 0.0500. The van der Waals surface area contributed by atoms with E-state index in [4.69, 9.17) is 23.2 Å². The number of hydrogen-bond acceptors (Lipinski definition) is 5. The van der Waals surface area contributed by atoms with Crippen LogP contribution in [0.15, 0.2) is 71.6 Å². The van der Waals surface area contributed by atoms with E-state index in [1.54, 1.807) is 6.07 Å². The van der Waals surface area contributed by atoms with E-state index >= 15 is 0 Å². The van der Waals surface area contributed by atoms with Gasteiger partial charge in [-0.25, -0.2) is 16.8 Å². The highest BCUT2D eigenvalue weighted by molar-refractivity contribution is 7.92. The second kappa shape index (κ2) is 9.37. The van der Waals surface area contributed by atoms with Crippen LogP contribution in [0.1, 0.15) is 10.4 Å². The number of nitrogens with one attached hydrogen (secondary N) is 3. The van der Waals surface area contributed by atoms with E-state index in [1.165, 1.54) is 60.7 Å². The van der Waals surface area contributed by atoms with E-state index in [-0.39, 0.29) is 31.9 Å². The van der Waals surface area contributed by atoms with Crippen LogP contribution in [0.3, 0.4) is 0 Å². The molecule has 0 aliphatic rings. The van der Waals surface area contributed by atoms with Crippen molar-refractivity contribution < 1.29 is 21.6 Å². The minimum Gasteiger partial charge on any atom is -0.322 e. The molecule has 0 heterocycles. The number of amides is 1. The Hall–Kier alpha value is -2.79. The molecule has 3 aromatic carbocycles. The summed E-state index contributed by atoms with van der Waals surface area (Å²) in [7, 11) is -7.43. The minimum atomic E-state index is -3.94. The van der Waals surface area contributed by atoms with Crippen molar-refractivity contribution in [1.29, 1.82) is 0 Å². The van der Waals surface area contributed by atoms with Crippen molar-refractivity contribution in [3.8, 4) is 0 Å². The zero-order valence-electron chi connectivity index (χ0n) is 16.5. The lowest BCUT2D eigenvalue weighted by molar-refractivity contribution is 0.102. The van der Waals surface area contributed by atoms with Crippen molar-refractivity contribution in [2.75, 3.05) is 21.0 Å². The van der Waals surface area contributed by atoms with Gasteiger partial charge in [0.15, 0.2) is 0 Å². The summed E-state index contributed by atoms with van der Waals surface area (Å²) in [6.45, 7) is 0. The van der Waals surface area contributed by atoms with E-state index < -0.39 is 26.0 Å². The number of sulfonamides is 2. The fourth-order valence-corrected chi connectivity index (χ4v) is 4.68. The maximum Gasteiger partial charge on any atom is 0.261 e. The Kier molecular flexibility index (Phi) is 6.99. The predicted molar refractivity (Wildman–Crippen MR) is 127 cm³/mol. The van der Waals surface area contributed by atoms with Gasteiger partial charge in [-0.1, -0.05) is 35.3 Å². The zero-order valence-corrected chi connectivity index (χ0v) is 19.6. The molecule has 0 bridgehead atoms. The Morgan fingerprint density at radius 2 is 1.47 bits per heavy atom. The molecule has 3 aromatic rings. The molecule has 12 heteroatoms. The molecular weight excluding hydrogens is 497 g/mol. The van der Waals surface area contributed by atoms with Crippen LogP contribution in [0, 0.1) is 0 Å². The van der Waals surface area contributed by atoms with Crippen molar-refractivity contribution in [3.05, 3.63) is 82.3 Å². The average molecular weight is 514 g/mol. The Morgan fingerprint density at radius 1 is 0.812 bits per heavy atom. The first-order chi connectivity index (χ1) is 14.9. The molecule has 0 radical (unpaired) electrons. The molecule has 0 saturated carbocycles. The summed E-state index contributed by atoms with van der Waals surface area (Å²) >= 11 is 11.9. The lowest BCUT2D eigenvalue weighted by atomic mass is 10.2. The van der Waals surface area contributed by atoms with Crippen LogP contribution in [-0.2, 0) is 20.0 Å². The summed E-state index contributed by atoms with van der Waals surface area (Å²) < 4.78 is 52.6. The predicted octanol–water partition coefficient (Wildman–Crippen LogP) is 4.42. The van der Waals surface area contributed by atoms with Crippen LogP contribution in [0.2, 0.25) is 10.0 Å². The van der Waals surface area contributed by atoms with Crippen molar-refractivity contribution in [1.82, 2.24) is 0 Å². The Bertz CT molecular complexity index is 1380. The first kappa shape index (κ1) is 23.9. The number of rotatable bonds is 7. The third-order valence-electron chi connectivity index (χ3n) is 4.05. The van der Waals surface area contributed by atoms with Crippen molar-refractivity contribution in [3.63, 3.8) is 0 Å². The first-order valence-corrected chi connectivity index (χ1v) is 13.0. The van der Waals surface area contributed by atoms with Gasteiger partial charge in [0.05, 0.1) is 26.9 Å². The summed E-state index contributed by atoms with van der Waals surface area (Å²) in [6.07, 6.45) is 1.00. The zero-order chi connectivity index (χ0) is 23.5. The molecule has 3 rings (SSSR count). The number of anilines is 3. The van der Waals surface area contributed by atoms with Gasteiger partial charge in [-0.15, -0.1) is 0 Å². The molecule has 0 aliphatic carbocycles. The standard InChI is InChI=1S/C20H17Cl2N3O5S2/c1-31(27,28)24-15-5-2-4-13(12-15)20(26)23-14-8-10-16(11-9-14)32(29,30)25-18-7-3-6-17(21)19(18)22/h2-12,24-25H,1H3,(H,23,26). The van der Waals surface area contributed by atoms with Gasteiger partial charge >= 0.3 is 0 Å². The maximum absolute atomic E-state index is 12.6. The molecule has 0 unspecified atom stereocenters. The van der Waals surface area contributed by atoms with Crippen LogP contribution in [0.4, 0.5) is 17.1 Å². The third-order valence-corrected chi connectivity index (χ3v) is 6.85. The van der Waals surface area contributed by atoms with Crippen molar-refractivity contribution in [2.45, 2.75) is 4.90 Å². The number of carbonyl (C=O) groups excluding carboxylic acids is 1. The molecule has 1 amide bonds. The lowest BCUT2D eigenvalue weighted by Gasteiger charge is -2.11. The highest BCUT2D eigenvalue weighted by atomic mass is 35.5. The molecule has 0 saturated heterocycles. The molecule has 0 aliphatic heterocycles. The van der Waals surface area contributed by atoms with Crippen LogP contribution >= 0.6 is 23.2 Å². The van der Waals surface area contributed by atoms with E-state index in [0.29, 0.717) is 5.69 Å². The third kappa shape index (κ3) is 6.13. The first-order valence-electron chi connectivity index (χ1n) is 8.91. The Labute approximate surface area is 195 Å². The van der Waals surface area contributed by atoms with Gasteiger partial charge in [0.25, 0.3) is 15.9 Å². The van der Waals surface area contributed by atoms with Crippen LogP contribution in [-0.4, -0.2) is 29.0 Å². The second-order valence-corrected chi connectivity index (χ2v) is 10.9. The maximum atomic E-state index is 12.6. The summed E-state index contributed by atoms with van der Waals surface area (Å²) in [5.41, 5.74) is 0.940. The van der Waals surface area contributed by atoms with Gasteiger partial charge in [-0.2, -0.15) is 0 Å². The minimum absolute atomic E-state index is 0.0501. The van der Waals surface area contributed by atoms with Gasteiger partial charge in [0, 0.05) is 16.9 Å². The molecule has 168 valence electrons. The van der Waals surface area contributed by atoms with Crippen molar-refractivity contribution >= 4 is 66.2 Å². The molecule has 0 fully saturated rings. The highest BCUT2D eigenvalue weighted by Crippen LogP contribution is 2.31. The van der Waals surface area contributed by atoms with E-state index in [1.807, 2.05) is 0 Å². The molecule has 3 N–H and O–H groups in total. The van der Waals surface area contributed by atoms with Crippen LogP contribution in [0.25, 0.3) is 0 Å². The quantitative estimate of drug-likeness (QED) is 0.431. The SMILES string of the molecule is CS(=O)(=O)Nc1cccc(C(=O)Nc2ccc(S(=O)(=O)Nc3cccc(Cl)c3Cl)cc2)c1. The van der Waals surface area contributed by atoms with Gasteiger partial charge in [-0.3, -0.25) is 14.2 Å². The lowest BCUT2D eigenvalue weighted by Crippen LogP contribution is -2.15. The topological polar surface area (TPSA) is 121 Å². The number of hydrogen-bond donors (Lipinski definition) is 3. The normalized spacial score (nSPS) is 11.6. The van der Waals surface area contributed by atoms with Crippen LogP contribution < -0.4 is 14.8 Å². The molecule has 32 heavy (non-hydrogen) atoms. The van der Waals surface area contributed by atoms with Gasteiger partial charge in [0.2, 0.25) is 10.0 Å². The van der Waals surface area contributed by atoms with Crippen LogP contribution in [0.5, 0.6) is 0 Å². The van der Waals surface area contributed by atoms with Gasteiger partial charge < -0.3 is 5.32 Å². The molecular formula is C20H17Cl2N3O5S2. The smallest absolute Gasteiger partial charge is 0.261 e. The van der Waals surface area contributed by atoms with Gasteiger partial charge in [0.1, 0.15) is 0 Å². The highest BCUT2D eigenvalue weighted by Gasteiger charge is 2.17. The number of halogens is 2. The number of benzene rings is 3. The van der Waals surface area contributed by atoms with E-state index in [0.717, 1.165) is 6.26 Å². The summed E-state index contributed by atoms with van der Waals surface area (Å²) in [6, 6.07) is 16.0. The van der Waals surface area contributed by atoms with E-state index in [9.17, 15) is 21.6 Å².